The number of hydrogen-bond acceptors (Lipinski definition) is 3. The fourth-order valence-electron chi connectivity index (χ4n) is 1.45. The molecule has 1 aliphatic heterocycles. The van der Waals surface area contributed by atoms with Crippen LogP contribution in [0.5, 0.6) is 0 Å². The molecule has 0 radical (unpaired) electrons. The van der Waals surface area contributed by atoms with E-state index in [1.54, 1.807) is 0 Å². The van der Waals surface area contributed by atoms with E-state index in [0.717, 1.165) is 4.90 Å². The van der Waals surface area contributed by atoms with E-state index >= 15 is 0 Å². The first-order valence-corrected chi connectivity index (χ1v) is 5.94. The standard InChI is InChI=1S/C7H11F2NO3S/c1-5-4-14(12,13)3-2-10(5)7(11)6(8)9/h5-6H,2-4H2,1H3. The molecule has 1 atom stereocenters. The van der Waals surface area contributed by atoms with Crippen LogP contribution in [0.15, 0.2) is 0 Å². The first-order chi connectivity index (χ1) is 6.33. The highest BCUT2D eigenvalue weighted by molar-refractivity contribution is 7.91. The van der Waals surface area contributed by atoms with Gasteiger partial charge in [-0.2, -0.15) is 8.78 Å². The molecule has 0 aromatic rings. The molecule has 1 saturated heterocycles. The molecular formula is C7H11F2NO3S. The zero-order valence-corrected chi connectivity index (χ0v) is 8.43. The fourth-order valence-corrected chi connectivity index (χ4v) is 3.01. The van der Waals surface area contributed by atoms with Crippen LogP contribution in [-0.2, 0) is 14.6 Å². The van der Waals surface area contributed by atoms with E-state index in [-0.39, 0.29) is 18.1 Å². The van der Waals surface area contributed by atoms with Gasteiger partial charge >= 0.3 is 6.43 Å². The van der Waals surface area contributed by atoms with Gasteiger partial charge in [-0.25, -0.2) is 8.42 Å². The number of sulfone groups is 1. The monoisotopic (exact) mass is 227 g/mol. The van der Waals surface area contributed by atoms with Crippen LogP contribution in [-0.4, -0.2) is 49.7 Å². The minimum absolute atomic E-state index is 0.132. The van der Waals surface area contributed by atoms with Crippen molar-refractivity contribution in [1.29, 1.82) is 0 Å². The van der Waals surface area contributed by atoms with Gasteiger partial charge in [-0.15, -0.1) is 0 Å². The van der Waals surface area contributed by atoms with E-state index in [9.17, 15) is 22.0 Å². The van der Waals surface area contributed by atoms with Crippen molar-refractivity contribution in [2.24, 2.45) is 0 Å². The summed E-state index contributed by atoms with van der Waals surface area (Å²) in [4.78, 5) is 11.8. The van der Waals surface area contributed by atoms with E-state index in [2.05, 4.69) is 0 Å². The van der Waals surface area contributed by atoms with Crippen molar-refractivity contribution in [2.75, 3.05) is 18.1 Å². The summed E-state index contributed by atoms with van der Waals surface area (Å²) in [6.45, 7) is 1.32. The Balaban J connectivity index is 2.72. The lowest BCUT2D eigenvalue weighted by atomic mass is 10.3. The third-order valence-electron chi connectivity index (χ3n) is 2.14. The molecule has 1 fully saturated rings. The zero-order chi connectivity index (χ0) is 10.9. The first-order valence-electron chi connectivity index (χ1n) is 4.12. The Labute approximate surface area is 80.8 Å². The minimum Gasteiger partial charge on any atom is -0.333 e. The van der Waals surface area contributed by atoms with Crippen LogP contribution in [0.25, 0.3) is 0 Å². The maximum absolute atomic E-state index is 12.0. The quantitative estimate of drug-likeness (QED) is 0.628. The predicted octanol–water partition coefficient (Wildman–Crippen LogP) is -0.103. The van der Waals surface area contributed by atoms with E-state index in [0.29, 0.717) is 0 Å². The van der Waals surface area contributed by atoms with Gasteiger partial charge in [0, 0.05) is 12.6 Å². The van der Waals surface area contributed by atoms with E-state index in [4.69, 9.17) is 0 Å². The van der Waals surface area contributed by atoms with Crippen LogP contribution in [0.1, 0.15) is 6.92 Å². The molecule has 1 aliphatic rings. The Morgan fingerprint density at radius 3 is 2.50 bits per heavy atom. The second kappa shape index (κ2) is 3.80. The Morgan fingerprint density at radius 1 is 1.50 bits per heavy atom. The van der Waals surface area contributed by atoms with Gasteiger partial charge in [0.25, 0.3) is 5.91 Å². The summed E-state index contributed by atoms with van der Waals surface area (Å²) in [5.41, 5.74) is 0. The van der Waals surface area contributed by atoms with Crippen molar-refractivity contribution in [3.63, 3.8) is 0 Å². The lowest BCUT2D eigenvalue weighted by molar-refractivity contribution is -0.144. The fraction of sp³-hybridized carbons (Fsp3) is 0.857. The molecule has 0 aromatic heterocycles. The number of nitrogens with zero attached hydrogens (tertiary/aromatic N) is 1. The normalized spacial score (nSPS) is 26.6. The van der Waals surface area contributed by atoms with Gasteiger partial charge < -0.3 is 4.90 Å². The third-order valence-corrected chi connectivity index (χ3v) is 3.93. The summed E-state index contributed by atoms with van der Waals surface area (Å²) < 4.78 is 46.2. The molecule has 0 spiro atoms. The van der Waals surface area contributed by atoms with Crippen molar-refractivity contribution < 1.29 is 22.0 Å². The van der Waals surface area contributed by atoms with Crippen molar-refractivity contribution in [1.82, 2.24) is 4.90 Å². The second-order valence-electron chi connectivity index (χ2n) is 3.30. The number of amides is 1. The highest BCUT2D eigenvalue weighted by Crippen LogP contribution is 2.13. The van der Waals surface area contributed by atoms with Crippen LogP contribution < -0.4 is 0 Å². The lowest BCUT2D eigenvalue weighted by Gasteiger charge is -2.32. The molecule has 1 unspecified atom stereocenters. The number of carbonyl (C=O) groups excluding carboxylic acids is 1. The minimum atomic E-state index is -3.16. The average Bonchev–Trinajstić information content (AvgIpc) is 2.01. The molecule has 1 rings (SSSR count). The smallest absolute Gasteiger partial charge is 0.315 e. The highest BCUT2D eigenvalue weighted by Gasteiger charge is 2.34. The van der Waals surface area contributed by atoms with Gasteiger partial charge in [-0.3, -0.25) is 4.79 Å². The van der Waals surface area contributed by atoms with Crippen LogP contribution >= 0.6 is 0 Å². The van der Waals surface area contributed by atoms with E-state index in [1.165, 1.54) is 6.92 Å². The largest absolute Gasteiger partial charge is 0.333 e. The van der Waals surface area contributed by atoms with Gasteiger partial charge in [-0.1, -0.05) is 0 Å². The van der Waals surface area contributed by atoms with Crippen molar-refractivity contribution >= 4 is 15.7 Å². The van der Waals surface area contributed by atoms with Gasteiger partial charge in [0.1, 0.15) is 0 Å². The van der Waals surface area contributed by atoms with Crippen LogP contribution in [0.4, 0.5) is 8.78 Å². The molecule has 0 bridgehead atoms. The van der Waals surface area contributed by atoms with Gasteiger partial charge in [0.2, 0.25) is 0 Å². The molecule has 7 heteroatoms. The first kappa shape index (κ1) is 11.4. The molecule has 4 nitrogen and oxygen atoms in total. The highest BCUT2D eigenvalue weighted by atomic mass is 32.2. The Morgan fingerprint density at radius 2 is 2.07 bits per heavy atom. The van der Waals surface area contributed by atoms with Gasteiger partial charge in [0.15, 0.2) is 9.84 Å². The Kier molecular flexibility index (Phi) is 3.08. The molecule has 0 N–H and O–H groups in total. The summed E-state index contributed by atoms with van der Waals surface area (Å²) >= 11 is 0. The summed E-state index contributed by atoms with van der Waals surface area (Å²) in [6.07, 6.45) is -3.06. The van der Waals surface area contributed by atoms with Gasteiger partial charge in [-0.05, 0) is 6.92 Å². The molecule has 0 aliphatic carbocycles. The van der Waals surface area contributed by atoms with Crippen molar-refractivity contribution in [3.8, 4) is 0 Å². The molecule has 82 valence electrons. The Bertz CT molecular complexity index is 328. The summed E-state index contributed by atoms with van der Waals surface area (Å²) in [5.74, 6) is -1.74. The Hall–Kier alpha value is -0.720. The van der Waals surface area contributed by atoms with E-state index in [1.807, 2.05) is 0 Å². The van der Waals surface area contributed by atoms with E-state index < -0.39 is 28.2 Å². The van der Waals surface area contributed by atoms with Gasteiger partial charge in [0.05, 0.1) is 11.5 Å². The second-order valence-corrected chi connectivity index (χ2v) is 5.52. The molecule has 14 heavy (non-hydrogen) atoms. The van der Waals surface area contributed by atoms with Crippen molar-refractivity contribution in [3.05, 3.63) is 0 Å². The molecule has 1 amide bonds. The number of carbonyl (C=O) groups is 1. The van der Waals surface area contributed by atoms with Crippen molar-refractivity contribution in [2.45, 2.75) is 19.4 Å². The summed E-state index contributed by atoms with van der Waals surface area (Å²) in [7, 11) is -3.16. The summed E-state index contributed by atoms with van der Waals surface area (Å²) in [6, 6.07) is -0.657. The van der Waals surface area contributed by atoms with Crippen LogP contribution in [0.2, 0.25) is 0 Å². The summed E-state index contributed by atoms with van der Waals surface area (Å²) in [5, 5.41) is 0. The topological polar surface area (TPSA) is 54.5 Å². The SMILES string of the molecule is CC1CS(=O)(=O)CCN1C(=O)C(F)F. The number of hydrogen-bond donors (Lipinski definition) is 0. The molecule has 0 saturated carbocycles. The maximum atomic E-state index is 12.0. The zero-order valence-electron chi connectivity index (χ0n) is 7.61. The average molecular weight is 227 g/mol. The molecule has 0 aromatic carbocycles. The number of rotatable bonds is 1. The third kappa shape index (κ3) is 2.40. The molecule has 1 heterocycles. The van der Waals surface area contributed by atoms with Crippen LogP contribution in [0.3, 0.4) is 0 Å². The predicted molar refractivity (Wildman–Crippen MR) is 45.8 cm³/mol. The van der Waals surface area contributed by atoms with Crippen LogP contribution in [0, 0.1) is 0 Å². The number of alkyl halides is 2. The number of halogens is 2. The lowest BCUT2D eigenvalue weighted by Crippen LogP contribution is -2.51. The maximum Gasteiger partial charge on any atom is 0.315 e. The molecular weight excluding hydrogens is 216 g/mol.